The fourth-order valence-electron chi connectivity index (χ4n) is 2.93. The second kappa shape index (κ2) is 8.51. The topological polar surface area (TPSA) is 36.9 Å². The Morgan fingerprint density at radius 3 is 2.80 bits per heavy atom. The minimum atomic E-state index is -4.61. The summed E-state index contributed by atoms with van der Waals surface area (Å²) < 4.78 is 57.6. The lowest BCUT2D eigenvalue weighted by Crippen LogP contribution is -2.40. The molecule has 0 radical (unpaired) electrons. The van der Waals surface area contributed by atoms with Crippen molar-refractivity contribution in [1.29, 1.82) is 0 Å². The van der Waals surface area contributed by atoms with Crippen LogP contribution in [0.4, 0.5) is 17.6 Å². The number of hydrogen-bond acceptors (Lipinski definition) is 2. The number of benzene rings is 1. The summed E-state index contributed by atoms with van der Waals surface area (Å²) in [7, 11) is 1.65. The molecule has 1 saturated heterocycles. The molecule has 2 rings (SSSR count). The van der Waals surface area contributed by atoms with Gasteiger partial charge in [-0.1, -0.05) is 6.07 Å². The number of rotatable bonds is 5. The summed E-state index contributed by atoms with van der Waals surface area (Å²) in [5.41, 5.74) is -1.03. The molecule has 1 unspecified atom stereocenters. The lowest BCUT2D eigenvalue weighted by atomic mass is 10.1. The molecule has 0 bridgehead atoms. The van der Waals surface area contributed by atoms with Crippen LogP contribution < -0.4 is 5.32 Å². The highest BCUT2D eigenvalue weighted by Crippen LogP contribution is 2.33. The molecular weight excluding hydrogens is 338 g/mol. The predicted octanol–water partition coefficient (Wildman–Crippen LogP) is 3.28. The van der Waals surface area contributed by atoms with E-state index in [4.69, 9.17) is 4.74 Å². The summed E-state index contributed by atoms with van der Waals surface area (Å²) in [4.78, 5) is 6.35. The summed E-state index contributed by atoms with van der Waals surface area (Å²) in [6, 6.07) is 2.68. The number of nitrogens with zero attached hydrogens (tertiary/aromatic N) is 2. The van der Waals surface area contributed by atoms with Gasteiger partial charge in [0.1, 0.15) is 5.82 Å². The molecule has 140 valence electrons. The molecule has 0 aromatic heterocycles. The maximum absolute atomic E-state index is 13.2. The number of alkyl halides is 3. The zero-order chi connectivity index (χ0) is 18.4. The lowest BCUT2D eigenvalue weighted by molar-refractivity contribution is -0.138. The van der Waals surface area contributed by atoms with Gasteiger partial charge in [0.2, 0.25) is 0 Å². The standard InChI is InChI=1S/C17H23F4N3O/c1-3-22-16(24-7-6-12(10-24)11-25-2)23-9-13-4-5-14(18)8-15(13)17(19,20)21/h4-5,8,12H,3,6-7,9-11H2,1-2H3,(H,22,23). The van der Waals surface area contributed by atoms with Gasteiger partial charge in [-0.2, -0.15) is 13.2 Å². The van der Waals surface area contributed by atoms with Gasteiger partial charge < -0.3 is 15.0 Å². The molecule has 1 heterocycles. The number of nitrogens with one attached hydrogen (secondary N) is 1. The molecule has 0 spiro atoms. The summed E-state index contributed by atoms with van der Waals surface area (Å²) >= 11 is 0. The number of halogens is 4. The van der Waals surface area contributed by atoms with Crippen LogP contribution in [0.2, 0.25) is 0 Å². The van der Waals surface area contributed by atoms with E-state index in [9.17, 15) is 17.6 Å². The minimum Gasteiger partial charge on any atom is -0.384 e. The molecular formula is C17H23F4N3O. The number of likely N-dealkylation sites (tertiary alicyclic amines) is 1. The van der Waals surface area contributed by atoms with E-state index in [1.54, 1.807) is 7.11 Å². The number of guanidine groups is 1. The number of hydrogen-bond donors (Lipinski definition) is 1. The normalized spacial score (nSPS) is 18.7. The van der Waals surface area contributed by atoms with Crippen molar-refractivity contribution in [2.75, 3.05) is 33.4 Å². The second-order valence-electron chi connectivity index (χ2n) is 6.03. The first kappa shape index (κ1) is 19.5. The van der Waals surface area contributed by atoms with Crippen molar-refractivity contribution in [2.24, 2.45) is 10.9 Å². The SMILES string of the molecule is CCNC(=NCc1ccc(F)cc1C(F)(F)F)N1CCC(COC)C1. The molecule has 1 aliphatic rings. The number of aliphatic imine (C=N–C) groups is 1. The summed E-state index contributed by atoms with van der Waals surface area (Å²) in [5.74, 6) is 0.0397. The summed E-state index contributed by atoms with van der Waals surface area (Å²) in [6.45, 7) is 4.51. The quantitative estimate of drug-likeness (QED) is 0.497. The molecule has 25 heavy (non-hydrogen) atoms. The maximum Gasteiger partial charge on any atom is 0.416 e. The first-order chi connectivity index (χ1) is 11.8. The first-order valence-corrected chi connectivity index (χ1v) is 8.23. The molecule has 0 amide bonds. The molecule has 1 aromatic carbocycles. The highest BCUT2D eigenvalue weighted by molar-refractivity contribution is 5.80. The van der Waals surface area contributed by atoms with Crippen LogP contribution in [0.1, 0.15) is 24.5 Å². The van der Waals surface area contributed by atoms with E-state index in [1.165, 1.54) is 0 Å². The Labute approximate surface area is 144 Å². The molecule has 1 aromatic rings. The molecule has 1 N–H and O–H groups in total. The fraction of sp³-hybridized carbons (Fsp3) is 0.588. The van der Waals surface area contributed by atoms with Crippen LogP contribution in [-0.4, -0.2) is 44.2 Å². The van der Waals surface area contributed by atoms with Crippen LogP contribution in [-0.2, 0) is 17.5 Å². The first-order valence-electron chi connectivity index (χ1n) is 8.23. The molecule has 1 atom stereocenters. The Kier molecular flexibility index (Phi) is 6.64. The number of methoxy groups -OCH3 is 1. The van der Waals surface area contributed by atoms with E-state index in [0.717, 1.165) is 31.6 Å². The largest absolute Gasteiger partial charge is 0.416 e. The van der Waals surface area contributed by atoms with Crippen molar-refractivity contribution in [3.05, 3.63) is 35.1 Å². The van der Waals surface area contributed by atoms with Crippen molar-refractivity contribution >= 4 is 5.96 Å². The van der Waals surface area contributed by atoms with Crippen LogP contribution in [0.5, 0.6) is 0 Å². The Bertz CT molecular complexity index is 604. The third-order valence-corrected chi connectivity index (χ3v) is 4.10. The van der Waals surface area contributed by atoms with Gasteiger partial charge in [0.05, 0.1) is 18.7 Å². The molecule has 0 aliphatic carbocycles. The van der Waals surface area contributed by atoms with Crippen LogP contribution in [0, 0.1) is 11.7 Å². The van der Waals surface area contributed by atoms with Crippen LogP contribution in [0.15, 0.2) is 23.2 Å². The van der Waals surface area contributed by atoms with Gasteiger partial charge in [-0.05, 0) is 31.0 Å². The Morgan fingerprint density at radius 1 is 1.40 bits per heavy atom. The summed E-state index contributed by atoms with van der Waals surface area (Å²) in [5, 5.41) is 3.11. The van der Waals surface area contributed by atoms with E-state index >= 15 is 0 Å². The van der Waals surface area contributed by atoms with E-state index < -0.39 is 17.6 Å². The second-order valence-corrected chi connectivity index (χ2v) is 6.03. The van der Waals surface area contributed by atoms with E-state index in [0.29, 0.717) is 31.1 Å². The van der Waals surface area contributed by atoms with Crippen LogP contribution >= 0.6 is 0 Å². The van der Waals surface area contributed by atoms with E-state index in [2.05, 4.69) is 10.3 Å². The minimum absolute atomic E-state index is 0.0445. The zero-order valence-electron chi connectivity index (χ0n) is 14.4. The van der Waals surface area contributed by atoms with Gasteiger partial charge in [-0.25, -0.2) is 9.38 Å². The van der Waals surface area contributed by atoms with Crippen molar-refractivity contribution in [3.63, 3.8) is 0 Å². The average molecular weight is 361 g/mol. The number of ether oxygens (including phenoxy) is 1. The van der Waals surface area contributed by atoms with Crippen molar-refractivity contribution in [1.82, 2.24) is 10.2 Å². The Morgan fingerprint density at radius 2 is 2.16 bits per heavy atom. The van der Waals surface area contributed by atoms with Crippen LogP contribution in [0.25, 0.3) is 0 Å². The van der Waals surface area contributed by atoms with Gasteiger partial charge in [0.15, 0.2) is 5.96 Å². The van der Waals surface area contributed by atoms with E-state index in [1.807, 2.05) is 11.8 Å². The van der Waals surface area contributed by atoms with Crippen molar-refractivity contribution in [2.45, 2.75) is 26.1 Å². The van der Waals surface area contributed by atoms with Gasteiger partial charge in [0, 0.05) is 32.7 Å². The highest BCUT2D eigenvalue weighted by atomic mass is 19.4. The van der Waals surface area contributed by atoms with Gasteiger partial charge >= 0.3 is 6.18 Å². The Hall–Kier alpha value is -1.83. The van der Waals surface area contributed by atoms with Crippen molar-refractivity contribution in [3.8, 4) is 0 Å². The fourth-order valence-corrected chi connectivity index (χ4v) is 2.93. The zero-order valence-corrected chi connectivity index (χ0v) is 14.4. The smallest absolute Gasteiger partial charge is 0.384 e. The van der Waals surface area contributed by atoms with Crippen molar-refractivity contribution < 1.29 is 22.3 Å². The van der Waals surface area contributed by atoms with Gasteiger partial charge in [0.25, 0.3) is 0 Å². The monoisotopic (exact) mass is 361 g/mol. The highest BCUT2D eigenvalue weighted by Gasteiger charge is 2.33. The lowest BCUT2D eigenvalue weighted by Gasteiger charge is -2.22. The molecule has 1 fully saturated rings. The summed E-state index contributed by atoms with van der Waals surface area (Å²) in [6.07, 6.45) is -3.66. The van der Waals surface area contributed by atoms with E-state index in [-0.39, 0.29) is 12.1 Å². The average Bonchev–Trinajstić information content (AvgIpc) is 3.00. The van der Waals surface area contributed by atoms with Gasteiger partial charge in [-0.3, -0.25) is 0 Å². The molecule has 4 nitrogen and oxygen atoms in total. The van der Waals surface area contributed by atoms with Gasteiger partial charge in [-0.15, -0.1) is 0 Å². The maximum atomic E-state index is 13.2. The Balaban J connectivity index is 2.17. The van der Waals surface area contributed by atoms with Crippen LogP contribution in [0.3, 0.4) is 0 Å². The molecule has 1 aliphatic heterocycles. The molecule has 8 heteroatoms. The molecule has 0 saturated carbocycles. The third-order valence-electron chi connectivity index (χ3n) is 4.10. The third kappa shape index (κ3) is 5.32. The predicted molar refractivity (Wildman–Crippen MR) is 87.8 cm³/mol.